The van der Waals surface area contributed by atoms with Gasteiger partial charge in [-0.15, -0.1) is 0 Å². The van der Waals surface area contributed by atoms with Crippen molar-refractivity contribution in [3.05, 3.63) is 63.1 Å². The molecule has 1 aliphatic heterocycles. The van der Waals surface area contributed by atoms with E-state index < -0.39 is 6.10 Å². The maximum Gasteiger partial charge on any atom is 0.263 e. The number of carbonyl (C=O) groups is 1. The van der Waals surface area contributed by atoms with Crippen LogP contribution in [0.4, 0.5) is 0 Å². The van der Waals surface area contributed by atoms with Gasteiger partial charge in [-0.3, -0.25) is 4.79 Å². The van der Waals surface area contributed by atoms with E-state index in [0.717, 1.165) is 17.4 Å². The van der Waals surface area contributed by atoms with Crippen molar-refractivity contribution in [1.29, 1.82) is 0 Å². The normalized spacial score (nSPS) is 15.0. The van der Waals surface area contributed by atoms with E-state index in [1.165, 1.54) is 11.1 Å². The maximum absolute atomic E-state index is 12.6. The molecule has 2 aromatic carbocycles. The molecule has 0 unspecified atom stereocenters. The molecule has 3 nitrogen and oxygen atoms in total. The first kappa shape index (κ1) is 16.3. The lowest BCUT2D eigenvalue weighted by molar-refractivity contribution is -0.138. The van der Waals surface area contributed by atoms with E-state index in [4.69, 9.17) is 16.3 Å². The SMILES string of the molecule is C[C@@H](Oc1ccc(Br)cc1Cl)C(=O)N1CCc2ccccc2C1. The highest BCUT2D eigenvalue weighted by atomic mass is 79.9. The Morgan fingerprint density at radius 2 is 2.00 bits per heavy atom. The number of rotatable bonds is 3. The fourth-order valence-electron chi connectivity index (χ4n) is 2.75. The predicted octanol–water partition coefficient (Wildman–Crippen LogP) is 4.45. The molecule has 0 radical (unpaired) electrons. The first-order chi connectivity index (χ1) is 11.0. The van der Waals surface area contributed by atoms with Crippen LogP contribution in [0.1, 0.15) is 18.1 Å². The van der Waals surface area contributed by atoms with E-state index in [-0.39, 0.29) is 5.91 Å². The molecule has 0 bridgehead atoms. The predicted molar refractivity (Wildman–Crippen MR) is 94.8 cm³/mol. The number of hydrogen-bond acceptors (Lipinski definition) is 2. The van der Waals surface area contributed by atoms with Gasteiger partial charge in [0.15, 0.2) is 6.10 Å². The summed E-state index contributed by atoms with van der Waals surface area (Å²) < 4.78 is 6.64. The molecule has 1 atom stereocenters. The van der Waals surface area contributed by atoms with E-state index in [1.54, 1.807) is 19.1 Å². The molecule has 1 heterocycles. The molecule has 23 heavy (non-hydrogen) atoms. The van der Waals surface area contributed by atoms with E-state index >= 15 is 0 Å². The number of benzene rings is 2. The molecular formula is C18H17BrClNO2. The molecule has 0 aliphatic carbocycles. The second kappa shape index (κ2) is 6.93. The number of halogens is 2. The van der Waals surface area contributed by atoms with Gasteiger partial charge in [-0.25, -0.2) is 0 Å². The molecule has 3 rings (SSSR count). The standard InChI is InChI=1S/C18H17BrClNO2/c1-12(23-17-7-6-15(19)10-16(17)20)18(22)21-9-8-13-4-2-3-5-14(13)11-21/h2-7,10,12H,8-9,11H2,1H3/t12-/m1/s1. The summed E-state index contributed by atoms with van der Waals surface area (Å²) in [5.74, 6) is 0.506. The van der Waals surface area contributed by atoms with Crippen molar-refractivity contribution in [2.45, 2.75) is 26.0 Å². The second-order valence-electron chi connectivity index (χ2n) is 5.61. The van der Waals surface area contributed by atoms with Gasteiger partial charge in [0.1, 0.15) is 5.75 Å². The van der Waals surface area contributed by atoms with Gasteiger partial charge in [-0.05, 0) is 42.7 Å². The Hall–Kier alpha value is -1.52. The molecule has 0 saturated heterocycles. The quantitative estimate of drug-likeness (QED) is 0.769. The van der Waals surface area contributed by atoms with Crippen molar-refractivity contribution in [1.82, 2.24) is 4.90 Å². The third-order valence-corrected chi connectivity index (χ3v) is 4.78. The summed E-state index contributed by atoms with van der Waals surface area (Å²) in [5, 5.41) is 0.489. The molecule has 0 aromatic heterocycles. The van der Waals surface area contributed by atoms with E-state index in [0.29, 0.717) is 17.3 Å². The van der Waals surface area contributed by atoms with Crippen LogP contribution in [-0.4, -0.2) is 23.5 Å². The minimum Gasteiger partial charge on any atom is -0.479 e. The highest BCUT2D eigenvalue weighted by Crippen LogP contribution is 2.29. The van der Waals surface area contributed by atoms with Gasteiger partial charge in [0.2, 0.25) is 0 Å². The minimum absolute atomic E-state index is 0.0153. The summed E-state index contributed by atoms with van der Waals surface area (Å²) in [6.45, 7) is 3.12. The molecule has 1 aliphatic rings. The first-order valence-corrected chi connectivity index (χ1v) is 8.69. The highest BCUT2D eigenvalue weighted by molar-refractivity contribution is 9.10. The minimum atomic E-state index is -0.570. The molecule has 120 valence electrons. The Morgan fingerprint density at radius 3 is 2.74 bits per heavy atom. The van der Waals surface area contributed by atoms with Gasteiger partial charge in [0.25, 0.3) is 5.91 Å². The maximum atomic E-state index is 12.6. The van der Waals surface area contributed by atoms with Crippen molar-refractivity contribution < 1.29 is 9.53 Å². The van der Waals surface area contributed by atoms with Crippen molar-refractivity contribution in [2.24, 2.45) is 0 Å². The molecule has 0 N–H and O–H groups in total. The molecular weight excluding hydrogens is 378 g/mol. The number of carbonyl (C=O) groups excluding carboxylic acids is 1. The number of nitrogens with zero attached hydrogens (tertiary/aromatic N) is 1. The number of amides is 1. The van der Waals surface area contributed by atoms with Gasteiger partial charge < -0.3 is 9.64 Å². The molecule has 0 spiro atoms. The van der Waals surface area contributed by atoms with Gasteiger partial charge in [0, 0.05) is 17.6 Å². The Kier molecular flexibility index (Phi) is 4.93. The van der Waals surface area contributed by atoms with Crippen molar-refractivity contribution in [3.8, 4) is 5.75 Å². The molecule has 0 saturated carbocycles. The van der Waals surface area contributed by atoms with Crippen LogP contribution in [0.3, 0.4) is 0 Å². The summed E-state index contributed by atoms with van der Waals surface area (Å²) in [4.78, 5) is 14.5. The van der Waals surface area contributed by atoms with Crippen molar-refractivity contribution in [2.75, 3.05) is 6.54 Å². The molecule has 1 amide bonds. The van der Waals surface area contributed by atoms with E-state index in [2.05, 4.69) is 28.1 Å². The Bertz CT molecular complexity index is 735. The summed E-state index contributed by atoms with van der Waals surface area (Å²) in [5.41, 5.74) is 2.53. The number of fused-ring (bicyclic) bond motifs is 1. The number of ether oxygens (including phenoxy) is 1. The average molecular weight is 395 g/mol. The fraction of sp³-hybridized carbons (Fsp3) is 0.278. The zero-order valence-corrected chi connectivity index (χ0v) is 15.1. The van der Waals surface area contributed by atoms with Crippen LogP contribution in [0.25, 0.3) is 0 Å². The van der Waals surface area contributed by atoms with Gasteiger partial charge in [-0.1, -0.05) is 51.8 Å². The summed E-state index contributed by atoms with van der Waals surface area (Å²) >= 11 is 9.51. The summed E-state index contributed by atoms with van der Waals surface area (Å²) in [6.07, 6.45) is 0.312. The molecule has 0 fully saturated rings. The van der Waals surface area contributed by atoms with Gasteiger partial charge in [-0.2, -0.15) is 0 Å². The third kappa shape index (κ3) is 3.70. The Balaban J connectivity index is 1.68. The monoisotopic (exact) mass is 393 g/mol. The fourth-order valence-corrected chi connectivity index (χ4v) is 3.47. The highest BCUT2D eigenvalue weighted by Gasteiger charge is 2.26. The summed E-state index contributed by atoms with van der Waals surface area (Å²) in [7, 11) is 0. The lowest BCUT2D eigenvalue weighted by atomic mass is 9.99. The Morgan fingerprint density at radius 1 is 1.26 bits per heavy atom. The second-order valence-corrected chi connectivity index (χ2v) is 6.94. The van der Waals surface area contributed by atoms with E-state index in [1.807, 2.05) is 23.1 Å². The van der Waals surface area contributed by atoms with Crippen LogP contribution >= 0.6 is 27.5 Å². The zero-order chi connectivity index (χ0) is 16.4. The lowest BCUT2D eigenvalue weighted by Crippen LogP contribution is -2.43. The Labute approximate surface area is 149 Å². The van der Waals surface area contributed by atoms with Gasteiger partial charge in [0.05, 0.1) is 5.02 Å². The number of hydrogen-bond donors (Lipinski definition) is 0. The lowest BCUT2D eigenvalue weighted by Gasteiger charge is -2.31. The van der Waals surface area contributed by atoms with Crippen LogP contribution in [0.2, 0.25) is 5.02 Å². The first-order valence-electron chi connectivity index (χ1n) is 7.52. The van der Waals surface area contributed by atoms with Crippen molar-refractivity contribution in [3.63, 3.8) is 0 Å². The van der Waals surface area contributed by atoms with Gasteiger partial charge >= 0.3 is 0 Å². The van der Waals surface area contributed by atoms with E-state index in [9.17, 15) is 4.79 Å². The third-order valence-electron chi connectivity index (χ3n) is 3.99. The molecule has 5 heteroatoms. The smallest absolute Gasteiger partial charge is 0.263 e. The topological polar surface area (TPSA) is 29.5 Å². The largest absolute Gasteiger partial charge is 0.479 e. The van der Waals surface area contributed by atoms with Crippen LogP contribution in [0.5, 0.6) is 5.75 Å². The van der Waals surface area contributed by atoms with Crippen LogP contribution in [0, 0.1) is 0 Å². The van der Waals surface area contributed by atoms with Crippen LogP contribution in [0.15, 0.2) is 46.9 Å². The average Bonchev–Trinajstić information content (AvgIpc) is 2.56. The van der Waals surface area contributed by atoms with Crippen LogP contribution in [-0.2, 0) is 17.8 Å². The van der Waals surface area contributed by atoms with Crippen LogP contribution < -0.4 is 4.74 Å². The molecule has 2 aromatic rings. The zero-order valence-electron chi connectivity index (χ0n) is 12.8. The summed E-state index contributed by atoms with van der Waals surface area (Å²) in [6, 6.07) is 13.6. The van der Waals surface area contributed by atoms with Crippen molar-refractivity contribution >= 4 is 33.4 Å².